The number of hydrogen-bond acceptors (Lipinski definition) is 2. The fourth-order valence-corrected chi connectivity index (χ4v) is 2.78. The van der Waals surface area contributed by atoms with Crippen LogP contribution in [0.2, 0.25) is 4.34 Å². The molecule has 2 nitrogen and oxygen atoms in total. The molecule has 0 unspecified atom stereocenters. The predicted octanol–water partition coefficient (Wildman–Crippen LogP) is 4.48. The molecular formula is C11H6BrClN2S. The van der Waals surface area contributed by atoms with E-state index in [4.69, 9.17) is 11.6 Å². The van der Waals surface area contributed by atoms with Crippen LogP contribution in [0.4, 0.5) is 0 Å². The molecule has 3 rings (SSSR count). The minimum absolute atomic E-state index is 0.785. The van der Waals surface area contributed by atoms with E-state index < -0.39 is 0 Å². The lowest BCUT2D eigenvalue weighted by Crippen LogP contribution is -1.80. The number of pyridine rings is 1. The van der Waals surface area contributed by atoms with Crippen molar-refractivity contribution < 1.29 is 0 Å². The van der Waals surface area contributed by atoms with E-state index in [0.717, 1.165) is 25.7 Å². The highest BCUT2D eigenvalue weighted by atomic mass is 79.9. The molecule has 0 saturated heterocycles. The number of hydrogen-bond donors (Lipinski definition) is 0. The Labute approximate surface area is 110 Å². The first-order valence-electron chi connectivity index (χ1n) is 4.61. The van der Waals surface area contributed by atoms with Crippen LogP contribution in [-0.2, 0) is 0 Å². The van der Waals surface area contributed by atoms with Gasteiger partial charge < -0.3 is 4.40 Å². The Bertz CT molecular complexity index is 659. The molecule has 80 valence electrons. The number of halogens is 2. The Hall–Kier alpha value is -0.840. The number of thiophene rings is 1. The Morgan fingerprint density at radius 1 is 1.31 bits per heavy atom. The van der Waals surface area contributed by atoms with Gasteiger partial charge in [-0.05, 0) is 34.1 Å². The molecule has 0 aliphatic heterocycles. The van der Waals surface area contributed by atoms with Gasteiger partial charge in [0.2, 0.25) is 0 Å². The molecule has 0 amide bonds. The van der Waals surface area contributed by atoms with E-state index in [9.17, 15) is 0 Å². The summed E-state index contributed by atoms with van der Waals surface area (Å²) in [5.74, 6) is 0. The molecule has 0 radical (unpaired) electrons. The highest BCUT2D eigenvalue weighted by molar-refractivity contribution is 9.10. The number of aromatic nitrogens is 2. The van der Waals surface area contributed by atoms with E-state index in [0.29, 0.717) is 0 Å². The van der Waals surface area contributed by atoms with Crippen molar-refractivity contribution in [2.24, 2.45) is 0 Å². The Balaban J connectivity index is 2.18. The summed E-state index contributed by atoms with van der Waals surface area (Å²) in [4.78, 5) is 4.53. The van der Waals surface area contributed by atoms with Crippen LogP contribution >= 0.6 is 38.9 Å². The van der Waals surface area contributed by atoms with Crippen LogP contribution < -0.4 is 0 Å². The fourth-order valence-electron chi connectivity index (χ4n) is 1.55. The zero-order chi connectivity index (χ0) is 11.1. The minimum atomic E-state index is 0.785. The number of imidazole rings is 1. The maximum Gasteiger partial charge on any atom is 0.137 e. The van der Waals surface area contributed by atoms with Crippen LogP contribution in [0.1, 0.15) is 0 Å². The summed E-state index contributed by atoms with van der Waals surface area (Å²) in [6.07, 6.45) is 3.98. The summed E-state index contributed by atoms with van der Waals surface area (Å²) >= 11 is 10.9. The van der Waals surface area contributed by atoms with Gasteiger partial charge in [0.05, 0.1) is 10.0 Å². The van der Waals surface area contributed by atoms with Crippen molar-refractivity contribution in [3.63, 3.8) is 0 Å². The van der Waals surface area contributed by atoms with Gasteiger partial charge >= 0.3 is 0 Å². The average molecular weight is 314 g/mol. The van der Waals surface area contributed by atoms with Crippen molar-refractivity contribution >= 4 is 44.5 Å². The van der Waals surface area contributed by atoms with Gasteiger partial charge in [0, 0.05) is 27.8 Å². The van der Waals surface area contributed by atoms with Gasteiger partial charge in [-0.1, -0.05) is 11.6 Å². The van der Waals surface area contributed by atoms with Crippen molar-refractivity contribution in [3.05, 3.63) is 44.8 Å². The van der Waals surface area contributed by atoms with Gasteiger partial charge in [-0.25, -0.2) is 4.98 Å². The van der Waals surface area contributed by atoms with Gasteiger partial charge in [0.1, 0.15) is 5.65 Å². The third kappa shape index (κ3) is 1.77. The zero-order valence-electron chi connectivity index (χ0n) is 8.02. The van der Waals surface area contributed by atoms with Gasteiger partial charge in [0.25, 0.3) is 0 Å². The average Bonchev–Trinajstić information content (AvgIpc) is 2.83. The molecule has 0 spiro atoms. The molecule has 3 aromatic heterocycles. The molecule has 0 saturated carbocycles. The summed E-state index contributed by atoms with van der Waals surface area (Å²) in [5, 5.41) is 2.01. The second-order valence-corrected chi connectivity index (χ2v) is 5.84. The van der Waals surface area contributed by atoms with Crippen molar-refractivity contribution in [1.82, 2.24) is 9.38 Å². The molecule has 3 heterocycles. The first-order chi connectivity index (χ1) is 7.72. The lowest BCUT2D eigenvalue weighted by Gasteiger charge is -1.91. The number of fused-ring (bicyclic) bond motifs is 1. The first-order valence-corrected chi connectivity index (χ1v) is 6.66. The lowest BCUT2D eigenvalue weighted by atomic mass is 10.3. The van der Waals surface area contributed by atoms with Crippen molar-refractivity contribution in [1.29, 1.82) is 0 Å². The molecule has 0 bridgehead atoms. The monoisotopic (exact) mass is 312 g/mol. The fraction of sp³-hybridized carbons (Fsp3) is 0. The maximum atomic E-state index is 5.91. The third-order valence-corrected chi connectivity index (χ3v) is 3.84. The molecule has 0 N–H and O–H groups in total. The van der Waals surface area contributed by atoms with Crippen LogP contribution in [0.25, 0.3) is 16.9 Å². The van der Waals surface area contributed by atoms with Crippen LogP contribution in [-0.4, -0.2) is 9.38 Å². The Morgan fingerprint density at radius 3 is 2.94 bits per heavy atom. The molecule has 0 atom stereocenters. The SMILES string of the molecule is Clc1cc(-c2cn3cc(Br)ccc3n2)cs1. The van der Waals surface area contributed by atoms with E-state index in [1.165, 1.54) is 11.3 Å². The molecule has 0 aromatic carbocycles. The summed E-state index contributed by atoms with van der Waals surface area (Å²) < 4.78 is 3.81. The molecule has 16 heavy (non-hydrogen) atoms. The first kappa shape index (κ1) is 10.3. The topological polar surface area (TPSA) is 17.3 Å². The molecule has 3 aromatic rings. The molecule has 0 aliphatic carbocycles. The number of rotatable bonds is 1. The summed E-state index contributed by atoms with van der Waals surface area (Å²) in [6, 6.07) is 5.89. The third-order valence-electron chi connectivity index (χ3n) is 2.28. The Morgan fingerprint density at radius 2 is 2.19 bits per heavy atom. The second kappa shape index (κ2) is 3.87. The normalized spacial score (nSPS) is 11.1. The molecule has 0 fully saturated rings. The smallest absolute Gasteiger partial charge is 0.137 e. The quantitative estimate of drug-likeness (QED) is 0.647. The van der Waals surface area contributed by atoms with Crippen LogP contribution in [0.15, 0.2) is 40.4 Å². The largest absolute Gasteiger partial charge is 0.305 e. The van der Waals surface area contributed by atoms with Crippen LogP contribution in [0.5, 0.6) is 0 Å². The highest BCUT2D eigenvalue weighted by Crippen LogP contribution is 2.28. The van der Waals surface area contributed by atoms with Gasteiger partial charge in [-0.15, -0.1) is 11.3 Å². The van der Waals surface area contributed by atoms with E-state index in [-0.39, 0.29) is 0 Å². The van der Waals surface area contributed by atoms with Crippen molar-refractivity contribution in [2.45, 2.75) is 0 Å². The molecule has 0 aliphatic rings. The summed E-state index contributed by atoms with van der Waals surface area (Å²) in [5.41, 5.74) is 2.94. The van der Waals surface area contributed by atoms with E-state index in [2.05, 4.69) is 20.9 Å². The molecule has 5 heteroatoms. The predicted molar refractivity (Wildman–Crippen MR) is 71.2 cm³/mol. The summed E-state index contributed by atoms with van der Waals surface area (Å²) in [7, 11) is 0. The van der Waals surface area contributed by atoms with Crippen molar-refractivity contribution in [2.75, 3.05) is 0 Å². The van der Waals surface area contributed by atoms with E-state index in [1.54, 1.807) is 0 Å². The van der Waals surface area contributed by atoms with Crippen LogP contribution in [0.3, 0.4) is 0 Å². The summed E-state index contributed by atoms with van der Waals surface area (Å²) in [6.45, 7) is 0. The van der Waals surface area contributed by atoms with Gasteiger partial charge in [-0.3, -0.25) is 0 Å². The number of nitrogens with zero attached hydrogens (tertiary/aromatic N) is 2. The Kier molecular flexibility index (Phi) is 2.50. The van der Waals surface area contributed by atoms with Crippen LogP contribution in [0, 0.1) is 0 Å². The van der Waals surface area contributed by atoms with Gasteiger partial charge in [-0.2, -0.15) is 0 Å². The van der Waals surface area contributed by atoms with E-state index in [1.807, 2.05) is 40.4 Å². The zero-order valence-corrected chi connectivity index (χ0v) is 11.2. The van der Waals surface area contributed by atoms with Crippen molar-refractivity contribution in [3.8, 4) is 11.3 Å². The maximum absolute atomic E-state index is 5.91. The second-order valence-electron chi connectivity index (χ2n) is 3.38. The highest BCUT2D eigenvalue weighted by Gasteiger charge is 2.06. The lowest BCUT2D eigenvalue weighted by molar-refractivity contribution is 1.17. The standard InChI is InChI=1S/C11H6BrClN2S/c12-8-1-2-11-14-9(5-15(11)4-8)7-3-10(13)16-6-7/h1-6H. The molecular weight excluding hydrogens is 308 g/mol. The van der Waals surface area contributed by atoms with E-state index >= 15 is 0 Å². The minimum Gasteiger partial charge on any atom is -0.305 e. The van der Waals surface area contributed by atoms with Gasteiger partial charge in [0.15, 0.2) is 0 Å².